The Hall–Kier alpha value is -0.610. The van der Waals surface area contributed by atoms with Gasteiger partial charge in [0.1, 0.15) is 6.04 Å². The molecule has 66 valence electrons. The highest BCUT2D eigenvalue weighted by Gasteiger charge is 2.24. The topological polar surface area (TPSA) is 72.5 Å². The summed E-state index contributed by atoms with van der Waals surface area (Å²) in [6, 6.07) is -0.687. The molecule has 0 aliphatic rings. The summed E-state index contributed by atoms with van der Waals surface area (Å²) in [4.78, 5) is 10.8. The Morgan fingerprint density at radius 1 is 1.82 bits per heavy atom. The Kier molecular flexibility index (Phi) is 3.48. The average Bonchev–Trinajstić information content (AvgIpc) is 1.87. The molecule has 0 aromatic carbocycles. The lowest BCUT2D eigenvalue weighted by atomic mass is 10.2. The summed E-state index contributed by atoms with van der Waals surface area (Å²) >= 11 is 0. The Bertz CT molecular complexity index is 143. The second-order valence-electron chi connectivity index (χ2n) is 2.74. The third kappa shape index (κ3) is 3.95. The van der Waals surface area contributed by atoms with Crippen molar-refractivity contribution in [3.63, 3.8) is 0 Å². The summed E-state index contributed by atoms with van der Waals surface area (Å²) in [6.07, 6.45) is 0.353. The minimum atomic E-state index is -1.38. The Morgan fingerprint density at radius 3 is 2.55 bits per heavy atom. The molecule has 0 aliphatic heterocycles. The molecule has 0 spiro atoms. The van der Waals surface area contributed by atoms with Gasteiger partial charge in [0, 0.05) is 13.3 Å². The van der Waals surface area contributed by atoms with Gasteiger partial charge in [0.25, 0.3) is 0 Å². The van der Waals surface area contributed by atoms with Gasteiger partial charge >= 0.3 is 5.97 Å². The Morgan fingerprint density at radius 2 is 2.27 bits per heavy atom. The van der Waals surface area contributed by atoms with Crippen molar-refractivity contribution in [2.75, 3.05) is 0 Å². The lowest BCUT2D eigenvalue weighted by Crippen LogP contribution is -2.38. The third-order valence-corrected chi connectivity index (χ3v) is 1.35. The van der Waals surface area contributed by atoms with Crippen LogP contribution in [0.4, 0.5) is 0 Å². The van der Waals surface area contributed by atoms with Crippen molar-refractivity contribution in [3.05, 3.63) is 0 Å². The molecule has 0 aromatic heterocycles. The second kappa shape index (κ2) is 3.69. The van der Waals surface area contributed by atoms with Crippen LogP contribution in [0.2, 0.25) is 0 Å². The van der Waals surface area contributed by atoms with E-state index in [-0.39, 0.29) is 0 Å². The molecule has 4 heteroatoms. The molecule has 0 unspecified atom stereocenters. The van der Waals surface area contributed by atoms with Gasteiger partial charge in [-0.25, -0.2) is 0 Å². The van der Waals surface area contributed by atoms with Gasteiger partial charge in [-0.3, -0.25) is 4.79 Å². The maximum atomic E-state index is 10.8. The first kappa shape index (κ1) is 10.4. The third-order valence-electron chi connectivity index (χ3n) is 1.35. The molecule has 0 rings (SSSR count). The summed E-state index contributed by atoms with van der Waals surface area (Å²) in [5, 5.41) is 9.24. The highest BCUT2D eigenvalue weighted by molar-refractivity contribution is 5.75. The molecule has 4 nitrogen and oxygen atoms in total. The molecule has 0 heterocycles. The first-order valence-electron chi connectivity index (χ1n) is 3.60. The standard InChI is InChI=1S/C7H15NO3/c1-4-7(3,10)11-6(9)5(2)8/h5,10H,4,8H2,1-3H3/t5-,7+/m0/s1. The molecule has 0 bridgehead atoms. The van der Waals surface area contributed by atoms with Crippen LogP contribution in [0.5, 0.6) is 0 Å². The number of nitrogens with two attached hydrogens (primary N) is 1. The highest BCUT2D eigenvalue weighted by atomic mass is 16.7. The van der Waals surface area contributed by atoms with Gasteiger partial charge in [-0.15, -0.1) is 0 Å². The van der Waals surface area contributed by atoms with Crippen LogP contribution in [0.3, 0.4) is 0 Å². The van der Waals surface area contributed by atoms with Crippen LogP contribution < -0.4 is 5.73 Å². The van der Waals surface area contributed by atoms with Gasteiger partial charge in [0.15, 0.2) is 0 Å². The molecule has 0 fully saturated rings. The number of esters is 1. The lowest BCUT2D eigenvalue weighted by Gasteiger charge is -2.22. The predicted octanol–water partition coefficient (Wildman–Crippen LogP) is -0.00470. The minimum Gasteiger partial charge on any atom is -0.432 e. The van der Waals surface area contributed by atoms with E-state index in [1.807, 2.05) is 0 Å². The van der Waals surface area contributed by atoms with E-state index in [0.717, 1.165) is 0 Å². The largest absolute Gasteiger partial charge is 0.432 e. The van der Waals surface area contributed by atoms with Crippen molar-refractivity contribution in [2.24, 2.45) is 5.73 Å². The van der Waals surface area contributed by atoms with Gasteiger partial charge < -0.3 is 15.6 Å². The summed E-state index contributed by atoms with van der Waals surface area (Å²) in [5.74, 6) is -1.97. The monoisotopic (exact) mass is 161 g/mol. The molecule has 3 N–H and O–H groups in total. The summed E-state index contributed by atoms with van der Waals surface area (Å²) in [5.41, 5.74) is 5.21. The summed E-state index contributed by atoms with van der Waals surface area (Å²) in [7, 11) is 0. The molecule has 0 radical (unpaired) electrons. The maximum absolute atomic E-state index is 10.8. The van der Waals surface area contributed by atoms with Gasteiger partial charge in [-0.1, -0.05) is 6.92 Å². The summed E-state index contributed by atoms with van der Waals surface area (Å²) < 4.78 is 4.64. The number of carbonyl (C=O) groups is 1. The van der Waals surface area contributed by atoms with Gasteiger partial charge in [0.05, 0.1) is 0 Å². The Labute approximate surface area is 66.3 Å². The van der Waals surface area contributed by atoms with Gasteiger partial charge in [0.2, 0.25) is 5.79 Å². The van der Waals surface area contributed by atoms with Gasteiger partial charge in [-0.2, -0.15) is 0 Å². The van der Waals surface area contributed by atoms with Crippen LogP contribution in [-0.4, -0.2) is 22.9 Å². The van der Waals surface area contributed by atoms with Crippen LogP contribution in [0.25, 0.3) is 0 Å². The number of rotatable bonds is 3. The van der Waals surface area contributed by atoms with Crippen molar-refractivity contribution < 1.29 is 14.6 Å². The fraction of sp³-hybridized carbons (Fsp3) is 0.857. The average molecular weight is 161 g/mol. The minimum absolute atomic E-state index is 0.353. The van der Waals surface area contributed by atoms with Crippen LogP contribution >= 0.6 is 0 Å². The fourth-order valence-corrected chi connectivity index (χ4v) is 0.382. The van der Waals surface area contributed by atoms with Crippen molar-refractivity contribution in [1.82, 2.24) is 0 Å². The number of ether oxygens (including phenoxy) is 1. The van der Waals surface area contributed by atoms with E-state index >= 15 is 0 Å². The highest BCUT2D eigenvalue weighted by Crippen LogP contribution is 2.10. The normalized spacial score (nSPS) is 18.6. The van der Waals surface area contributed by atoms with E-state index in [9.17, 15) is 9.90 Å². The van der Waals surface area contributed by atoms with Crippen LogP contribution in [0, 0.1) is 0 Å². The van der Waals surface area contributed by atoms with E-state index in [2.05, 4.69) is 4.74 Å². The van der Waals surface area contributed by atoms with Crippen molar-refractivity contribution in [1.29, 1.82) is 0 Å². The van der Waals surface area contributed by atoms with Crippen molar-refractivity contribution >= 4 is 5.97 Å². The zero-order valence-corrected chi connectivity index (χ0v) is 7.13. The quantitative estimate of drug-likeness (QED) is 0.451. The van der Waals surface area contributed by atoms with E-state index < -0.39 is 17.8 Å². The van der Waals surface area contributed by atoms with Crippen molar-refractivity contribution in [2.45, 2.75) is 39.0 Å². The predicted molar refractivity (Wildman–Crippen MR) is 40.7 cm³/mol. The molecule has 0 saturated carbocycles. The lowest BCUT2D eigenvalue weighted by molar-refractivity contribution is -0.203. The second-order valence-corrected chi connectivity index (χ2v) is 2.74. The van der Waals surface area contributed by atoms with Crippen LogP contribution in [-0.2, 0) is 9.53 Å². The first-order chi connectivity index (χ1) is 4.89. The number of hydrogen-bond donors (Lipinski definition) is 2. The molecule has 11 heavy (non-hydrogen) atoms. The first-order valence-corrected chi connectivity index (χ1v) is 3.60. The van der Waals surface area contributed by atoms with E-state index in [1.165, 1.54) is 13.8 Å². The molecule has 0 aliphatic carbocycles. The van der Waals surface area contributed by atoms with E-state index in [0.29, 0.717) is 6.42 Å². The molecule has 0 aromatic rings. The number of aliphatic hydroxyl groups is 1. The smallest absolute Gasteiger partial charge is 0.325 e. The van der Waals surface area contributed by atoms with Crippen LogP contribution in [0.15, 0.2) is 0 Å². The number of carbonyl (C=O) groups excluding carboxylic acids is 1. The van der Waals surface area contributed by atoms with Crippen molar-refractivity contribution in [3.8, 4) is 0 Å². The number of hydrogen-bond acceptors (Lipinski definition) is 4. The van der Waals surface area contributed by atoms with E-state index in [1.54, 1.807) is 6.92 Å². The molecule has 2 atom stereocenters. The fourth-order valence-electron chi connectivity index (χ4n) is 0.382. The molecule has 0 saturated heterocycles. The molecular weight excluding hydrogens is 146 g/mol. The zero-order chi connectivity index (χ0) is 9.07. The Balaban J connectivity index is 3.94. The SMILES string of the molecule is CC[C@](C)(O)OC(=O)[C@H](C)N. The molecule has 0 amide bonds. The van der Waals surface area contributed by atoms with Crippen LogP contribution in [0.1, 0.15) is 27.2 Å². The summed E-state index contributed by atoms with van der Waals surface area (Å²) in [6.45, 7) is 4.65. The van der Waals surface area contributed by atoms with Gasteiger partial charge in [-0.05, 0) is 6.92 Å². The zero-order valence-electron chi connectivity index (χ0n) is 7.13. The maximum Gasteiger partial charge on any atom is 0.325 e. The van der Waals surface area contributed by atoms with E-state index in [4.69, 9.17) is 5.73 Å². The molecular formula is C7H15NO3.